The molecule has 2 amide bonds. The van der Waals surface area contributed by atoms with Gasteiger partial charge in [0.15, 0.2) is 5.82 Å². The van der Waals surface area contributed by atoms with Gasteiger partial charge in [-0.15, -0.1) is 0 Å². The lowest BCUT2D eigenvalue weighted by Gasteiger charge is -2.26. The molecule has 2 aliphatic rings. The molecule has 0 aliphatic carbocycles. The second-order valence-electron chi connectivity index (χ2n) is 10.2. The summed E-state index contributed by atoms with van der Waals surface area (Å²) in [5.41, 5.74) is 1.03. The lowest BCUT2D eigenvalue weighted by atomic mass is 9.86. The van der Waals surface area contributed by atoms with Gasteiger partial charge in [0, 0.05) is 75.4 Å². The molecule has 3 aromatic rings. The quantitative estimate of drug-likeness (QED) is 0.461. The molecule has 194 valence electrons. The molecule has 2 aromatic carbocycles. The van der Waals surface area contributed by atoms with Crippen molar-refractivity contribution in [2.45, 2.75) is 25.8 Å². The van der Waals surface area contributed by atoms with Gasteiger partial charge in [0.1, 0.15) is 5.82 Å². The van der Waals surface area contributed by atoms with Gasteiger partial charge in [-0.2, -0.15) is 5.10 Å². The maximum Gasteiger partial charge on any atom is 0.256 e. The molecule has 1 aromatic heterocycles. The Kier molecular flexibility index (Phi) is 7.20. The topological polar surface area (TPSA) is 61.7 Å². The van der Waals surface area contributed by atoms with Crippen LogP contribution in [0.2, 0.25) is 5.02 Å². The van der Waals surface area contributed by atoms with Crippen LogP contribution in [0.25, 0.3) is 0 Å². The van der Waals surface area contributed by atoms with Crippen molar-refractivity contribution in [3.8, 4) is 0 Å². The highest BCUT2D eigenvalue weighted by atomic mass is 35.5. The van der Waals surface area contributed by atoms with E-state index >= 15 is 0 Å². The first kappa shape index (κ1) is 25.3. The van der Waals surface area contributed by atoms with Gasteiger partial charge in [-0.3, -0.25) is 14.3 Å². The van der Waals surface area contributed by atoms with Crippen molar-refractivity contribution in [2.75, 3.05) is 37.6 Å². The summed E-state index contributed by atoms with van der Waals surface area (Å²) in [6.07, 6.45) is 3.94. The molecular weight excluding hydrogens is 493 g/mol. The average Bonchev–Trinajstić information content (AvgIpc) is 3.64. The molecule has 7 nitrogen and oxygen atoms in total. The maximum atomic E-state index is 14.3. The summed E-state index contributed by atoms with van der Waals surface area (Å²) in [6.45, 7) is 3.61. The molecule has 0 saturated carbocycles. The number of likely N-dealkylation sites (tertiary alicyclic amines) is 2. The minimum Gasteiger partial charge on any atom is -0.350 e. The van der Waals surface area contributed by atoms with E-state index in [-0.39, 0.29) is 22.8 Å². The van der Waals surface area contributed by atoms with Gasteiger partial charge in [0.25, 0.3) is 5.91 Å². The fourth-order valence-corrected chi connectivity index (χ4v) is 5.63. The van der Waals surface area contributed by atoms with Crippen molar-refractivity contribution in [1.82, 2.24) is 19.6 Å². The van der Waals surface area contributed by atoms with Crippen LogP contribution in [-0.4, -0.2) is 64.1 Å². The van der Waals surface area contributed by atoms with Gasteiger partial charge in [0.05, 0.1) is 5.56 Å². The standard InChI is InChI=1S/C28H31ClFN5O2/c1-32-13-9-25(31-32)33(18-21-5-3-2-4-6-21)14-10-26(36)34-15-11-28(19-34)12-16-35(20-28)27(37)23-17-22(29)7-8-24(23)30/h2-9,13,17H,10-12,14-16,18-20H2,1H3. The number of rotatable bonds is 7. The van der Waals surface area contributed by atoms with Crippen LogP contribution in [0.5, 0.6) is 0 Å². The van der Waals surface area contributed by atoms with Crippen molar-refractivity contribution in [2.24, 2.45) is 12.5 Å². The molecule has 0 N–H and O–H groups in total. The van der Waals surface area contributed by atoms with Crippen molar-refractivity contribution in [3.63, 3.8) is 0 Å². The van der Waals surface area contributed by atoms with Gasteiger partial charge in [-0.25, -0.2) is 4.39 Å². The zero-order chi connectivity index (χ0) is 26.0. The highest BCUT2D eigenvalue weighted by molar-refractivity contribution is 6.31. The second-order valence-corrected chi connectivity index (χ2v) is 10.6. The summed E-state index contributed by atoms with van der Waals surface area (Å²) in [4.78, 5) is 32.0. The summed E-state index contributed by atoms with van der Waals surface area (Å²) in [6, 6.07) is 16.2. The Hall–Kier alpha value is -3.39. The zero-order valence-corrected chi connectivity index (χ0v) is 21.7. The normalized spacial score (nSPS) is 19.1. The molecule has 2 saturated heterocycles. The number of benzene rings is 2. The Balaban J connectivity index is 1.19. The number of halogens is 2. The van der Waals surface area contributed by atoms with Gasteiger partial charge in [-0.1, -0.05) is 41.9 Å². The van der Waals surface area contributed by atoms with E-state index in [1.54, 1.807) is 9.58 Å². The number of anilines is 1. The smallest absolute Gasteiger partial charge is 0.256 e. The van der Waals surface area contributed by atoms with E-state index in [0.29, 0.717) is 50.7 Å². The van der Waals surface area contributed by atoms with Crippen LogP contribution in [-0.2, 0) is 18.4 Å². The number of carbonyl (C=O) groups is 2. The third kappa shape index (κ3) is 5.64. The van der Waals surface area contributed by atoms with Crippen molar-refractivity contribution >= 4 is 29.2 Å². The Morgan fingerprint density at radius 3 is 2.51 bits per heavy atom. The van der Waals surface area contributed by atoms with Crippen molar-refractivity contribution in [3.05, 3.63) is 82.8 Å². The monoisotopic (exact) mass is 523 g/mol. The average molecular weight is 524 g/mol. The van der Waals surface area contributed by atoms with Gasteiger partial charge in [-0.05, 0) is 36.6 Å². The predicted molar refractivity (Wildman–Crippen MR) is 141 cm³/mol. The Bertz CT molecular complexity index is 1280. The summed E-state index contributed by atoms with van der Waals surface area (Å²) in [5.74, 6) is 0.0480. The van der Waals surface area contributed by atoms with E-state index in [0.717, 1.165) is 24.2 Å². The number of hydrogen-bond acceptors (Lipinski definition) is 4. The van der Waals surface area contributed by atoms with Crippen LogP contribution in [0.3, 0.4) is 0 Å². The van der Waals surface area contributed by atoms with Crippen LogP contribution in [0.1, 0.15) is 35.2 Å². The summed E-state index contributed by atoms with van der Waals surface area (Å²) < 4.78 is 16.0. The third-order valence-corrected chi connectivity index (χ3v) is 7.75. The fraction of sp³-hybridized carbons (Fsp3) is 0.393. The van der Waals surface area contributed by atoms with Crippen LogP contribution < -0.4 is 4.90 Å². The number of carbonyl (C=O) groups excluding carboxylic acids is 2. The molecule has 0 radical (unpaired) electrons. The Morgan fingerprint density at radius 1 is 1.05 bits per heavy atom. The number of aryl methyl sites for hydroxylation is 1. The largest absolute Gasteiger partial charge is 0.350 e. The van der Waals surface area contributed by atoms with Crippen LogP contribution >= 0.6 is 11.6 Å². The van der Waals surface area contributed by atoms with E-state index in [1.165, 1.54) is 18.2 Å². The Morgan fingerprint density at radius 2 is 1.78 bits per heavy atom. The van der Waals surface area contributed by atoms with Gasteiger partial charge >= 0.3 is 0 Å². The van der Waals surface area contributed by atoms with E-state index in [9.17, 15) is 14.0 Å². The highest BCUT2D eigenvalue weighted by Crippen LogP contribution is 2.40. The SMILES string of the molecule is Cn1ccc(N(CCC(=O)N2CCC3(CCN(C(=O)c4cc(Cl)ccc4F)C3)C2)Cc2ccccc2)n1. The first-order chi connectivity index (χ1) is 17.8. The van der Waals surface area contributed by atoms with E-state index in [1.807, 2.05) is 42.4 Å². The van der Waals surface area contributed by atoms with E-state index < -0.39 is 5.82 Å². The summed E-state index contributed by atoms with van der Waals surface area (Å²) >= 11 is 5.99. The molecule has 1 unspecified atom stereocenters. The van der Waals surface area contributed by atoms with Crippen LogP contribution in [0.4, 0.5) is 10.2 Å². The lowest BCUT2D eigenvalue weighted by Crippen LogP contribution is -2.37. The number of aromatic nitrogens is 2. The molecule has 1 atom stereocenters. The fourth-order valence-electron chi connectivity index (χ4n) is 5.46. The minimum atomic E-state index is -0.563. The first-order valence-corrected chi connectivity index (χ1v) is 13.0. The molecule has 37 heavy (non-hydrogen) atoms. The highest BCUT2D eigenvalue weighted by Gasteiger charge is 2.46. The molecule has 1 spiro atoms. The van der Waals surface area contributed by atoms with Crippen LogP contribution in [0.15, 0.2) is 60.8 Å². The number of hydrogen-bond donors (Lipinski definition) is 0. The lowest BCUT2D eigenvalue weighted by molar-refractivity contribution is -0.130. The second kappa shape index (κ2) is 10.5. The molecule has 5 rings (SSSR count). The van der Waals surface area contributed by atoms with Gasteiger partial charge < -0.3 is 14.7 Å². The summed E-state index contributed by atoms with van der Waals surface area (Å²) in [5, 5.41) is 4.88. The third-order valence-electron chi connectivity index (χ3n) is 7.51. The predicted octanol–water partition coefficient (Wildman–Crippen LogP) is 4.37. The molecule has 2 aliphatic heterocycles. The van der Waals surface area contributed by atoms with E-state index in [4.69, 9.17) is 11.6 Å². The molecule has 0 bridgehead atoms. The molecule has 2 fully saturated rings. The number of nitrogens with zero attached hydrogens (tertiary/aromatic N) is 5. The van der Waals surface area contributed by atoms with Crippen LogP contribution in [0, 0.1) is 11.2 Å². The zero-order valence-electron chi connectivity index (χ0n) is 20.9. The number of amides is 2. The Labute approximate surface area is 221 Å². The summed E-state index contributed by atoms with van der Waals surface area (Å²) in [7, 11) is 1.88. The molecule has 3 heterocycles. The van der Waals surface area contributed by atoms with Crippen molar-refractivity contribution in [1.29, 1.82) is 0 Å². The maximum absolute atomic E-state index is 14.3. The molecule has 9 heteroatoms. The van der Waals surface area contributed by atoms with E-state index in [2.05, 4.69) is 22.1 Å². The first-order valence-electron chi connectivity index (χ1n) is 12.6. The minimum absolute atomic E-state index is 0.00325. The van der Waals surface area contributed by atoms with Gasteiger partial charge in [0.2, 0.25) is 5.91 Å². The van der Waals surface area contributed by atoms with Crippen molar-refractivity contribution < 1.29 is 14.0 Å². The molecular formula is C28H31ClFN5O2.